The van der Waals surface area contributed by atoms with Crippen LogP contribution >= 0.6 is 0 Å². The van der Waals surface area contributed by atoms with E-state index in [2.05, 4.69) is 35.1 Å². The van der Waals surface area contributed by atoms with Crippen LogP contribution in [-0.4, -0.2) is 30.0 Å². The van der Waals surface area contributed by atoms with Crippen molar-refractivity contribution in [1.29, 1.82) is 0 Å². The molecule has 1 saturated carbocycles. The molecular formula is C20H27N3O. The predicted octanol–water partition coefficient (Wildman–Crippen LogP) is 4.14. The number of carbonyl (C=O) groups is 1. The van der Waals surface area contributed by atoms with Gasteiger partial charge >= 0.3 is 0 Å². The van der Waals surface area contributed by atoms with E-state index < -0.39 is 0 Å². The lowest BCUT2D eigenvalue weighted by Crippen LogP contribution is -2.36. The number of rotatable bonds is 5. The third-order valence-corrected chi connectivity index (χ3v) is 5.02. The molecule has 1 amide bonds. The van der Waals surface area contributed by atoms with Crippen LogP contribution in [0.25, 0.3) is 10.8 Å². The highest BCUT2D eigenvalue weighted by Crippen LogP contribution is 2.27. The van der Waals surface area contributed by atoms with Crippen molar-refractivity contribution in [3.8, 4) is 0 Å². The quantitative estimate of drug-likeness (QED) is 0.898. The monoisotopic (exact) mass is 325 g/mol. The second kappa shape index (κ2) is 7.65. The van der Waals surface area contributed by atoms with E-state index in [9.17, 15) is 4.79 Å². The van der Waals surface area contributed by atoms with Gasteiger partial charge in [-0.3, -0.25) is 4.79 Å². The molecule has 0 atom stereocenters. The number of nitrogens with zero attached hydrogens (tertiary/aromatic N) is 2. The summed E-state index contributed by atoms with van der Waals surface area (Å²) in [5.41, 5.74) is 0.687. The van der Waals surface area contributed by atoms with E-state index in [0.717, 1.165) is 42.5 Å². The molecule has 0 radical (unpaired) electrons. The lowest BCUT2D eigenvalue weighted by atomic mass is 9.95. The number of anilines is 1. The van der Waals surface area contributed by atoms with Gasteiger partial charge in [-0.1, -0.05) is 43.5 Å². The summed E-state index contributed by atoms with van der Waals surface area (Å²) in [5.74, 6) is 0.974. The van der Waals surface area contributed by atoms with Gasteiger partial charge in [0, 0.05) is 30.7 Å². The molecule has 0 unspecified atom stereocenters. The topological polar surface area (TPSA) is 45.2 Å². The van der Waals surface area contributed by atoms with E-state index in [1.165, 1.54) is 19.3 Å². The molecule has 1 aromatic carbocycles. The highest BCUT2D eigenvalue weighted by Gasteiger charge is 2.20. The van der Waals surface area contributed by atoms with Gasteiger partial charge in [0.25, 0.3) is 5.91 Å². The molecule has 0 bridgehead atoms. The van der Waals surface area contributed by atoms with Crippen molar-refractivity contribution in [2.45, 2.75) is 52.0 Å². The van der Waals surface area contributed by atoms with Crippen molar-refractivity contribution < 1.29 is 4.79 Å². The van der Waals surface area contributed by atoms with Gasteiger partial charge in [-0.25, -0.2) is 4.98 Å². The smallest absolute Gasteiger partial charge is 0.253 e. The van der Waals surface area contributed by atoms with Gasteiger partial charge in [-0.05, 0) is 32.1 Å². The third-order valence-electron chi connectivity index (χ3n) is 5.02. The molecule has 24 heavy (non-hydrogen) atoms. The van der Waals surface area contributed by atoms with Crippen molar-refractivity contribution in [3.63, 3.8) is 0 Å². The first kappa shape index (κ1) is 16.7. The van der Waals surface area contributed by atoms with Crippen molar-refractivity contribution >= 4 is 22.5 Å². The fourth-order valence-corrected chi connectivity index (χ4v) is 3.64. The van der Waals surface area contributed by atoms with Crippen LogP contribution in [0.5, 0.6) is 0 Å². The average Bonchev–Trinajstić information content (AvgIpc) is 2.63. The number of pyridine rings is 1. The summed E-state index contributed by atoms with van der Waals surface area (Å²) in [6.07, 6.45) is 7.64. The minimum atomic E-state index is 0.0108. The molecule has 1 heterocycles. The van der Waals surface area contributed by atoms with Gasteiger partial charge < -0.3 is 10.2 Å². The Morgan fingerprint density at radius 2 is 1.79 bits per heavy atom. The van der Waals surface area contributed by atoms with Crippen LogP contribution in [0.15, 0.2) is 30.5 Å². The van der Waals surface area contributed by atoms with Gasteiger partial charge in [-0.15, -0.1) is 0 Å². The molecule has 4 nitrogen and oxygen atoms in total. The fourth-order valence-electron chi connectivity index (χ4n) is 3.64. The van der Waals surface area contributed by atoms with E-state index >= 15 is 0 Å². The lowest BCUT2D eigenvalue weighted by Gasteiger charge is -2.24. The molecule has 1 aromatic heterocycles. The van der Waals surface area contributed by atoms with Crippen molar-refractivity contribution in [2.24, 2.45) is 0 Å². The van der Waals surface area contributed by atoms with Crippen LogP contribution in [0.2, 0.25) is 0 Å². The Morgan fingerprint density at radius 3 is 2.46 bits per heavy atom. The number of hydrogen-bond acceptors (Lipinski definition) is 3. The second-order valence-electron chi connectivity index (χ2n) is 6.52. The molecule has 3 rings (SSSR count). The van der Waals surface area contributed by atoms with Gasteiger partial charge in [0.05, 0.1) is 5.56 Å². The maximum absolute atomic E-state index is 12.8. The SMILES string of the molecule is CCN(CC)c1ncc(C(=O)NC2CCCCC2)c2ccccc12. The van der Waals surface area contributed by atoms with Crippen LogP contribution < -0.4 is 10.2 Å². The first-order valence-corrected chi connectivity index (χ1v) is 9.18. The molecular weight excluding hydrogens is 298 g/mol. The zero-order valence-corrected chi connectivity index (χ0v) is 14.7. The number of amides is 1. The number of carbonyl (C=O) groups excluding carboxylic acids is 1. The van der Waals surface area contributed by atoms with Crippen LogP contribution in [0.4, 0.5) is 5.82 Å². The Balaban J connectivity index is 1.94. The number of nitrogens with one attached hydrogen (secondary N) is 1. The van der Waals surface area contributed by atoms with Crippen molar-refractivity contribution in [2.75, 3.05) is 18.0 Å². The normalized spacial score (nSPS) is 15.4. The molecule has 1 fully saturated rings. The number of hydrogen-bond donors (Lipinski definition) is 1. The van der Waals surface area contributed by atoms with Crippen LogP contribution in [0, 0.1) is 0 Å². The zero-order valence-electron chi connectivity index (χ0n) is 14.7. The molecule has 128 valence electrons. The lowest BCUT2D eigenvalue weighted by molar-refractivity contribution is 0.0929. The van der Waals surface area contributed by atoms with Gasteiger partial charge in [0.15, 0.2) is 0 Å². The van der Waals surface area contributed by atoms with Gasteiger partial charge in [0.2, 0.25) is 0 Å². The maximum atomic E-state index is 12.8. The second-order valence-corrected chi connectivity index (χ2v) is 6.52. The van der Waals surface area contributed by atoms with Crippen molar-refractivity contribution in [1.82, 2.24) is 10.3 Å². The van der Waals surface area contributed by atoms with Crippen LogP contribution in [-0.2, 0) is 0 Å². The number of fused-ring (bicyclic) bond motifs is 1. The Labute approximate surface area is 144 Å². The summed E-state index contributed by atoms with van der Waals surface area (Å²) >= 11 is 0. The molecule has 2 aromatic rings. The number of benzene rings is 1. The van der Waals surface area contributed by atoms with E-state index in [-0.39, 0.29) is 5.91 Å². The molecule has 0 saturated heterocycles. The highest BCUT2D eigenvalue weighted by atomic mass is 16.1. The Kier molecular flexibility index (Phi) is 5.34. The minimum Gasteiger partial charge on any atom is -0.357 e. The molecule has 0 aliphatic heterocycles. The zero-order chi connectivity index (χ0) is 16.9. The fraction of sp³-hybridized carbons (Fsp3) is 0.500. The summed E-state index contributed by atoms with van der Waals surface area (Å²) in [4.78, 5) is 19.6. The Hall–Kier alpha value is -2.10. The van der Waals surface area contributed by atoms with Gasteiger partial charge in [0.1, 0.15) is 5.82 Å². The summed E-state index contributed by atoms with van der Waals surface area (Å²) in [7, 11) is 0. The summed E-state index contributed by atoms with van der Waals surface area (Å²) < 4.78 is 0. The van der Waals surface area contributed by atoms with E-state index in [1.807, 2.05) is 18.2 Å². The maximum Gasteiger partial charge on any atom is 0.253 e. The Morgan fingerprint density at radius 1 is 1.12 bits per heavy atom. The molecule has 1 N–H and O–H groups in total. The first-order valence-electron chi connectivity index (χ1n) is 9.18. The number of aromatic nitrogens is 1. The van der Waals surface area contributed by atoms with Crippen LogP contribution in [0.3, 0.4) is 0 Å². The standard InChI is InChI=1S/C20H27N3O/c1-3-23(4-2)19-17-13-9-8-12-16(17)18(14-21-19)20(24)22-15-10-6-5-7-11-15/h8-9,12-15H,3-7,10-11H2,1-2H3,(H,22,24). The van der Waals surface area contributed by atoms with Crippen molar-refractivity contribution in [3.05, 3.63) is 36.0 Å². The van der Waals surface area contributed by atoms with E-state index in [1.54, 1.807) is 6.20 Å². The predicted molar refractivity (Wildman–Crippen MR) is 99.6 cm³/mol. The molecule has 4 heteroatoms. The summed E-state index contributed by atoms with van der Waals surface area (Å²) in [6, 6.07) is 8.41. The minimum absolute atomic E-state index is 0.0108. The van der Waals surface area contributed by atoms with Gasteiger partial charge in [-0.2, -0.15) is 0 Å². The largest absolute Gasteiger partial charge is 0.357 e. The highest BCUT2D eigenvalue weighted by molar-refractivity contribution is 6.09. The molecule has 0 spiro atoms. The Bertz CT molecular complexity index is 703. The van der Waals surface area contributed by atoms with Crippen LogP contribution in [0.1, 0.15) is 56.3 Å². The summed E-state index contributed by atoms with van der Waals surface area (Å²) in [5, 5.41) is 5.25. The average molecular weight is 325 g/mol. The van der Waals surface area contributed by atoms with E-state index in [0.29, 0.717) is 11.6 Å². The van der Waals surface area contributed by atoms with E-state index in [4.69, 9.17) is 0 Å². The first-order chi connectivity index (χ1) is 11.7. The molecule has 1 aliphatic rings. The molecule has 1 aliphatic carbocycles. The third kappa shape index (κ3) is 3.37. The summed E-state index contributed by atoms with van der Waals surface area (Å²) in [6.45, 7) is 6.07.